The summed E-state index contributed by atoms with van der Waals surface area (Å²) in [6.07, 6.45) is 1.63. The van der Waals surface area contributed by atoms with Gasteiger partial charge in [-0.25, -0.2) is 4.39 Å². The minimum atomic E-state index is -0.437. The van der Waals surface area contributed by atoms with Crippen LogP contribution >= 0.6 is 11.6 Å². The van der Waals surface area contributed by atoms with Gasteiger partial charge in [0.25, 0.3) is 0 Å². The van der Waals surface area contributed by atoms with Gasteiger partial charge in [0.05, 0.1) is 18.2 Å². The molecule has 0 aliphatic carbocycles. The van der Waals surface area contributed by atoms with Gasteiger partial charge in [0.1, 0.15) is 12.4 Å². The maximum atomic E-state index is 14.0. The van der Waals surface area contributed by atoms with Crippen molar-refractivity contribution in [1.29, 1.82) is 5.26 Å². The van der Waals surface area contributed by atoms with Gasteiger partial charge in [0.15, 0.2) is 11.5 Å². The minimum absolute atomic E-state index is 0.236. The molecule has 0 aliphatic heterocycles. The zero-order valence-corrected chi connectivity index (χ0v) is 16.6. The Labute approximate surface area is 174 Å². The molecule has 0 radical (unpaired) electrons. The van der Waals surface area contributed by atoms with E-state index in [4.69, 9.17) is 21.1 Å². The van der Waals surface area contributed by atoms with Crippen molar-refractivity contribution >= 4 is 23.3 Å². The molecule has 0 N–H and O–H groups in total. The van der Waals surface area contributed by atoms with E-state index in [0.717, 1.165) is 5.56 Å². The van der Waals surface area contributed by atoms with Crippen LogP contribution in [0.4, 0.5) is 4.39 Å². The van der Waals surface area contributed by atoms with Gasteiger partial charge in [-0.05, 0) is 54.5 Å². The molecule has 0 atom stereocenters. The Morgan fingerprint density at radius 3 is 2.48 bits per heavy atom. The topological polar surface area (TPSA) is 42.2 Å². The van der Waals surface area contributed by atoms with Crippen LogP contribution in [0.15, 0.2) is 66.7 Å². The van der Waals surface area contributed by atoms with Gasteiger partial charge in [-0.1, -0.05) is 48.0 Å². The number of hydrogen-bond donors (Lipinski definition) is 0. The van der Waals surface area contributed by atoms with Gasteiger partial charge in [0, 0.05) is 10.6 Å². The smallest absolute Gasteiger partial charge is 0.161 e. The molecule has 29 heavy (non-hydrogen) atoms. The first-order valence-corrected chi connectivity index (χ1v) is 9.49. The molecular formula is C24H19ClFNO2. The Balaban J connectivity index is 1.86. The first-order valence-electron chi connectivity index (χ1n) is 9.11. The number of ether oxygens (including phenoxy) is 2. The first kappa shape index (κ1) is 20.4. The fourth-order valence-electron chi connectivity index (χ4n) is 2.76. The van der Waals surface area contributed by atoms with Gasteiger partial charge in [-0.3, -0.25) is 0 Å². The molecule has 3 nitrogen and oxygen atoms in total. The normalized spacial score (nSPS) is 11.0. The van der Waals surface area contributed by atoms with Crippen molar-refractivity contribution in [2.75, 3.05) is 6.61 Å². The summed E-state index contributed by atoms with van der Waals surface area (Å²) in [7, 11) is 0. The van der Waals surface area contributed by atoms with Crippen molar-refractivity contribution < 1.29 is 13.9 Å². The van der Waals surface area contributed by atoms with Crippen LogP contribution in [0.3, 0.4) is 0 Å². The number of allylic oxidation sites excluding steroid dienone is 1. The lowest BCUT2D eigenvalue weighted by atomic mass is 10.0. The molecule has 3 aromatic carbocycles. The number of hydrogen-bond acceptors (Lipinski definition) is 3. The second-order valence-corrected chi connectivity index (χ2v) is 6.64. The van der Waals surface area contributed by atoms with Crippen molar-refractivity contribution in [3.63, 3.8) is 0 Å². The highest BCUT2D eigenvalue weighted by Crippen LogP contribution is 2.31. The molecule has 146 valence electrons. The Morgan fingerprint density at radius 2 is 1.79 bits per heavy atom. The molecule has 5 heteroatoms. The van der Waals surface area contributed by atoms with Gasteiger partial charge < -0.3 is 9.47 Å². The summed E-state index contributed by atoms with van der Waals surface area (Å²) in [5.41, 5.74) is 2.19. The van der Waals surface area contributed by atoms with E-state index in [1.54, 1.807) is 42.5 Å². The van der Waals surface area contributed by atoms with Crippen LogP contribution in [-0.2, 0) is 6.61 Å². The largest absolute Gasteiger partial charge is 0.490 e. The van der Waals surface area contributed by atoms with E-state index < -0.39 is 5.82 Å². The fourth-order valence-corrected chi connectivity index (χ4v) is 2.89. The van der Waals surface area contributed by atoms with Crippen LogP contribution in [0, 0.1) is 17.1 Å². The summed E-state index contributed by atoms with van der Waals surface area (Å²) in [6.45, 7) is 2.71. The van der Waals surface area contributed by atoms with Gasteiger partial charge >= 0.3 is 0 Å². The van der Waals surface area contributed by atoms with Gasteiger partial charge in [-0.2, -0.15) is 5.26 Å². The predicted molar refractivity (Wildman–Crippen MR) is 113 cm³/mol. The molecule has 0 unspecified atom stereocenters. The number of rotatable bonds is 7. The molecule has 0 spiro atoms. The monoisotopic (exact) mass is 407 g/mol. The summed E-state index contributed by atoms with van der Waals surface area (Å²) in [5.74, 6) is 0.706. The zero-order chi connectivity index (χ0) is 20.6. The molecular weight excluding hydrogens is 389 g/mol. The molecule has 0 saturated carbocycles. The molecule has 0 aliphatic rings. The third kappa shape index (κ3) is 5.37. The fraction of sp³-hybridized carbons (Fsp3) is 0.125. The van der Waals surface area contributed by atoms with E-state index in [0.29, 0.717) is 35.3 Å². The lowest BCUT2D eigenvalue weighted by Crippen LogP contribution is -2.00. The highest BCUT2D eigenvalue weighted by Gasteiger charge is 2.10. The van der Waals surface area contributed by atoms with Crippen molar-refractivity contribution in [2.24, 2.45) is 0 Å². The van der Waals surface area contributed by atoms with Crippen LogP contribution < -0.4 is 9.47 Å². The lowest BCUT2D eigenvalue weighted by Gasteiger charge is -2.13. The zero-order valence-electron chi connectivity index (χ0n) is 15.9. The van der Waals surface area contributed by atoms with Gasteiger partial charge in [0.2, 0.25) is 0 Å². The van der Waals surface area contributed by atoms with E-state index in [9.17, 15) is 9.65 Å². The van der Waals surface area contributed by atoms with Crippen LogP contribution in [0.25, 0.3) is 11.6 Å². The maximum Gasteiger partial charge on any atom is 0.161 e. The second-order valence-electron chi connectivity index (χ2n) is 6.20. The third-order valence-corrected chi connectivity index (χ3v) is 4.42. The number of nitrogens with zero attached hydrogens (tertiary/aromatic N) is 1. The quantitative estimate of drug-likeness (QED) is 0.330. The molecule has 0 aromatic heterocycles. The summed E-state index contributed by atoms with van der Waals surface area (Å²) in [5, 5.41) is 10.1. The number of nitriles is 1. The maximum absolute atomic E-state index is 14.0. The van der Waals surface area contributed by atoms with Crippen molar-refractivity contribution in [2.45, 2.75) is 13.5 Å². The Hall–Kier alpha value is -3.29. The molecule has 3 aromatic rings. The highest BCUT2D eigenvalue weighted by atomic mass is 35.5. The molecule has 0 saturated heterocycles. The molecule has 0 bridgehead atoms. The molecule has 0 amide bonds. The van der Waals surface area contributed by atoms with Crippen LogP contribution in [-0.4, -0.2) is 6.61 Å². The second kappa shape index (κ2) is 9.77. The minimum Gasteiger partial charge on any atom is -0.490 e. The molecule has 0 heterocycles. The molecule has 0 fully saturated rings. The number of benzene rings is 3. The molecule has 3 rings (SSSR count). The van der Waals surface area contributed by atoms with Crippen LogP contribution in [0.2, 0.25) is 5.02 Å². The summed E-state index contributed by atoms with van der Waals surface area (Å²) >= 11 is 5.91. The lowest BCUT2D eigenvalue weighted by molar-refractivity contribution is 0.269. The average molecular weight is 408 g/mol. The first-order chi connectivity index (χ1) is 14.1. The van der Waals surface area contributed by atoms with E-state index >= 15 is 0 Å². The van der Waals surface area contributed by atoms with Crippen molar-refractivity contribution in [3.05, 3.63) is 94.3 Å². The Kier molecular flexibility index (Phi) is 6.89. The Bertz CT molecular complexity index is 1060. The number of halogens is 2. The van der Waals surface area contributed by atoms with E-state index in [-0.39, 0.29) is 11.1 Å². The van der Waals surface area contributed by atoms with Crippen molar-refractivity contribution in [1.82, 2.24) is 0 Å². The average Bonchev–Trinajstić information content (AvgIpc) is 2.73. The summed E-state index contributed by atoms with van der Waals surface area (Å²) < 4.78 is 25.6. The van der Waals surface area contributed by atoms with Crippen LogP contribution in [0.1, 0.15) is 23.6 Å². The van der Waals surface area contributed by atoms with Gasteiger partial charge in [-0.15, -0.1) is 0 Å². The highest BCUT2D eigenvalue weighted by molar-refractivity contribution is 6.30. The summed E-state index contributed by atoms with van der Waals surface area (Å²) in [4.78, 5) is 0. The van der Waals surface area contributed by atoms with Crippen molar-refractivity contribution in [3.8, 4) is 17.6 Å². The van der Waals surface area contributed by atoms with E-state index in [1.807, 2.05) is 31.2 Å². The Morgan fingerprint density at radius 1 is 1.03 bits per heavy atom. The summed E-state index contributed by atoms with van der Waals surface area (Å²) in [6, 6.07) is 21.0. The van der Waals surface area contributed by atoms with E-state index in [2.05, 4.69) is 6.07 Å². The predicted octanol–water partition coefficient (Wildman–Crippen LogP) is 6.52. The standard InChI is InChI=1S/C24H19ClFNO2/c1-2-28-24-14-18(13-19(15-27)21-5-3-4-6-22(21)26)9-12-23(24)29-16-17-7-10-20(25)11-8-17/h3-14H,2,16H2,1H3/b19-13-. The third-order valence-electron chi connectivity index (χ3n) is 4.17. The van der Waals surface area contributed by atoms with Crippen LogP contribution in [0.5, 0.6) is 11.5 Å². The van der Waals surface area contributed by atoms with E-state index in [1.165, 1.54) is 6.07 Å². The SMILES string of the molecule is CCOc1cc(/C=C(/C#N)c2ccccc2F)ccc1OCc1ccc(Cl)cc1.